The zero-order valence-electron chi connectivity index (χ0n) is 12.9. The zero-order valence-corrected chi connectivity index (χ0v) is 14.5. The van der Waals surface area contributed by atoms with Gasteiger partial charge in [0.25, 0.3) is 0 Å². The van der Waals surface area contributed by atoms with Crippen LogP contribution in [0.25, 0.3) is 0 Å². The molecule has 0 saturated carbocycles. The Hall–Kier alpha value is -1.16. The SMILES string of the molecule is Cc1ccc(CNCC(c2ccccc2)N(C)C)c(Br)c1. The van der Waals surface area contributed by atoms with E-state index < -0.39 is 0 Å². The molecule has 0 saturated heterocycles. The van der Waals surface area contributed by atoms with Crippen LogP contribution in [0, 0.1) is 6.92 Å². The molecule has 1 unspecified atom stereocenters. The first-order chi connectivity index (χ1) is 10.1. The zero-order chi connectivity index (χ0) is 15.2. The second-order valence-electron chi connectivity index (χ2n) is 5.62. The molecule has 0 aliphatic heterocycles. The minimum atomic E-state index is 0.385. The summed E-state index contributed by atoms with van der Waals surface area (Å²) in [6.07, 6.45) is 0. The predicted molar refractivity (Wildman–Crippen MR) is 93.5 cm³/mol. The first-order valence-corrected chi connectivity index (χ1v) is 8.04. The first kappa shape index (κ1) is 16.2. The molecular weight excluding hydrogens is 324 g/mol. The van der Waals surface area contributed by atoms with E-state index in [9.17, 15) is 0 Å². The summed E-state index contributed by atoms with van der Waals surface area (Å²) in [4.78, 5) is 2.26. The molecule has 0 aromatic heterocycles. The fourth-order valence-electron chi connectivity index (χ4n) is 2.41. The van der Waals surface area contributed by atoms with E-state index in [4.69, 9.17) is 0 Å². The maximum atomic E-state index is 3.64. The van der Waals surface area contributed by atoms with Crippen molar-refractivity contribution in [1.82, 2.24) is 10.2 Å². The molecule has 112 valence electrons. The summed E-state index contributed by atoms with van der Waals surface area (Å²) in [6, 6.07) is 17.5. The van der Waals surface area contributed by atoms with Gasteiger partial charge in [0, 0.05) is 23.6 Å². The van der Waals surface area contributed by atoms with Gasteiger partial charge in [-0.25, -0.2) is 0 Å². The van der Waals surface area contributed by atoms with Gasteiger partial charge in [0.15, 0.2) is 0 Å². The van der Waals surface area contributed by atoms with Crippen LogP contribution in [0.1, 0.15) is 22.7 Å². The van der Waals surface area contributed by atoms with Crippen LogP contribution in [0.3, 0.4) is 0 Å². The van der Waals surface area contributed by atoms with Crippen LogP contribution in [0.5, 0.6) is 0 Å². The number of hydrogen-bond donors (Lipinski definition) is 1. The highest BCUT2D eigenvalue weighted by Gasteiger charge is 2.13. The quantitative estimate of drug-likeness (QED) is 0.845. The molecule has 2 aromatic rings. The Balaban J connectivity index is 1.97. The second-order valence-corrected chi connectivity index (χ2v) is 6.47. The van der Waals surface area contributed by atoms with E-state index >= 15 is 0 Å². The van der Waals surface area contributed by atoms with Gasteiger partial charge >= 0.3 is 0 Å². The highest BCUT2D eigenvalue weighted by atomic mass is 79.9. The lowest BCUT2D eigenvalue weighted by Gasteiger charge is -2.25. The minimum Gasteiger partial charge on any atom is -0.311 e. The largest absolute Gasteiger partial charge is 0.311 e. The summed E-state index contributed by atoms with van der Waals surface area (Å²) in [5, 5.41) is 3.57. The molecule has 2 nitrogen and oxygen atoms in total. The third kappa shape index (κ3) is 4.67. The Morgan fingerprint density at radius 3 is 2.43 bits per heavy atom. The van der Waals surface area contributed by atoms with Gasteiger partial charge in [0.2, 0.25) is 0 Å². The van der Waals surface area contributed by atoms with E-state index in [0.29, 0.717) is 6.04 Å². The van der Waals surface area contributed by atoms with Crippen molar-refractivity contribution < 1.29 is 0 Å². The first-order valence-electron chi connectivity index (χ1n) is 7.25. The summed E-state index contributed by atoms with van der Waals surface area (Å²) in [5.74, 6) is 0. The van der Waals surface area contributed by atoms with Crippen molar-refractivity contribution in [3.8, 4) is 0 Å². The molecule has 1 N–H and O–H groups in total. The minimum absolute atomic E-state index is 0.385. The summed E-state index contributed by atoms with van der Waals surface area (Å²) >= 11 is 3.64. The molecule has 0 radical (unpaired) electrons. The fourth-order valence-corrected chi connectivity index (χ4v) is 3.05. The average Bonchev–Trinajstić information content (AvgIpc) is 2.46. The van der Waals surface area contributed by atoms with Gasteiger partial charge in [-0.1, -0.05) is 58.4 Å². The lowest BCUT2D eigenvalue weighted by molar-refractivity contribution is 0.288. The molecule has 3 heteroatoms. The van der Waals surface area contributed by atoms with Gasteiger partial charge < -0.3 is 10.2 Å². The molecule has 0 amide bonds. The van der Waals surface area contributed by atoms with Gasteiger partial charge in [0.1, 0.15) is 0 Å². The summed E-state index contributed by atoms with van der Waals surface area (Å²) < 4.78 is 1.18. The third-order valence-electron chi connectivity index (χ3n) is 3.67. The van der Waals surface area contributed by atoms with Crippen molar-refractivity contribution in [2.45, 2.75) is 19.5 Å². The average molecular weight is 347 g/mol. The van der Waals surface area contributed by atoms with Crippen molar-refractivity contribution in [3.63, 3.8) is 0 Å². The van der Waals surface area contributed by atoms with E-state index in [0.717, 1.165) is 13.1 Å². The third-order valence-corrected chi connectivity index (χ3v) is 4.41. The molecule has 0 aliphatic carbocycles. The molecule has 0 spiro atoms. The second kappa shape index (κ2) is 7.74. The number of rotatable bonds is 6. The predicted octanol–water partition coefficient (Wildman–Crippen LogP) is 4.15. The number of hydrogen-bond acceptors (Lipinski definition) is 2. The lowest BCUT2D eigenvalue weighted by Crippen LogP contribution is -2.30. The number of nitrogens with one attached hydrogen (secondary N) is 1. The molecule has 1 atom stereocenters. The molecular formula is C18H23BrN2. The topological polar surface area (TPSA) is 15.3 Å². The fraction of sp³-hybridized carbons (Fsp3) is 0.333. The van der Waals surface area contributed by atoms with Crippen LogP contribution >= 0.6 is 15.9 Å². The smallest absolute Gasteiger partial charge is 0.0466 e. The van der Waals surface area contributed by atoms with Crippen LogP contribution in [0.15, 0.2) is 53.0 Å². The van der Waals surface area contributed by atoms with Crippen molar-refractivity contribution >= 4 is 15.9 Å². The summed E-state index contributed by atoms with van der Waals surface area (Å²) in [7, 11) is 4.25. The number of aryl methyl sites for hydroxylation is 1. The van der Waals surface area contributed by atoms with Gasteiger partial charge in [-0.2, -0.15) is 0 Å². The van der Waals surface area contributed by atoms with E-state index in [1.165, 1.54) is 21.2 Å². The highest BCUT2D eigenvalue weighted by molar-refractivity contribution is 9.10. The van der Waals surface area contributed by atoms with Crippen LogP contribution in [0.2, 0.25) is 0 Å². The molecule has 0 heterocycles. The van der Waals surface area contributed by atoms with Gasteiger partial charge in [-0.3, -0.25) is 0 Å². The normalized spacial score (nSPS) is 12.6. The monoisotopic (exact) mass is 346 g/mol. The van der Waals surface area contributed by atoms with Crippen LogP contribution < -0.4 is 5.32 Å². The maximum absolute atomic E-state index is 3.64. The number of nitrogens with zero attached hydrogens (tertiary/aromatic N) is 1. The van der Waals surface area contributed by atoms with Crippen LogP contribution in [0.4, 0.5) is 0 Å². The van der Waals surface area contributed by atoms with Crippen molar-refractivity contribution in [2.24, 2.45) is 0 Å². The summed E-state index contributed by atoms with van der Waals surface area (Å²) in [6.45, 7) is 3.91. The standard InChI is InChI=1S/C18H23BrN2/c1-14-9-10-16(17(19)11-14)12-20-13-18(21(2)3)15-7-5-4-6-8-15/h4-11,18,20H,12-13H2,1-3H3. The number of benzene rings is 2. The van der Waals surface area contributed by atoms with Gasteiger partial charge in [0.05, 0.1) is 0 Å². The van der Waals surface area contributed by atoms with Crippen molar-refractivity contribution in [3.05, 3.63) is 69.7 Å². The van der Waals surface area contributed by atoms with Crippen LogP contribution in [-0.2, 0) is 6.54 Å². The van der Waals surface area contributed by atoms with E-state index in [1.807, 2.05) is 0 Å². The molecule has 2 rings (SSSR count). The van der Waals surface area contributed by atoms with E-state index in [-0.39, 0.29) is 0 Å². The molecule has 21 heavy (non-hydrogen) atoms. The Labute approximate surface area is 136 Å². The Morgan fingerprint density at radius 2 is 1.81 bits per heavy atom. The highest BCUT2D eigenvalue weighted by Crippen LogP contribution is 2.20. The maximum Gasteiger partial charge on any atom is 0.0466 e. The molecule has 2 aromatic carbocycles. The lowest BCUT2D eigenvalue weighted by atomic mass is 10.1. The number of halogens is 1. The van der Waals surface area contributed by atoms with Crippen molar-refractivity contribution in [2.75, 3.05) is 20.6 Å². The molecule has 0 aliphatic rings. The summed E-state index contributed by atoms with van der Waals surface area (Å²) in [5.41, 5.74) is 3.92. The van der Waals surface area contributed by atoms with Crippen LogP contribution in [-0.4, -0.2) is 25.5 Å². The Kier molecular flexibility index (Phi) is 5.97. The number of likely N-dealkylation sites (N-methyl/N-ethyl adjacent to an activating group) is 1. The van der Waals surface area contributed by atoms with Gasteiger partial charge in [-0.05, 0) is 43.8 Å². The molecule has 0 fully saturated rings. The van der Waals surface area contributed by atoms with Gasteiger partial charge in [-0.15, -0.1) is 0 Å². The van der Waals surface area contributed by atoms with Crippen molar-refractivity contribution in [1.29, 1.82) is 0 Å². The Morgan fingerprint density at radius 1 is 1.10 bits per heavy atom. The van der Waals surface area contributed by atoms with E-state index in [1.54, 1.807) is 0 Å². The Bertz CT molecular complexity index is 567. The molecule has 0 bridgehead atoms. The van der Waals surface area contributed by atoms with E-state index in [2.05, 4.69) is 95.7 Å².